The summed E-state index contributed by atoms with van der Waals surface area (Å²) in [5.74, 6) is -0.652. The molecule has 1 aromatic heterocycles. The Kier molecular flexibility index (Phi) is 6.05. The molecule has 1 heterocycles. The number of carbonyl (C=O) groups is 1. The zero-order valence-electron chi connectivity index (χ0n) is 16.8. The molecule has 3 N–H and O–H groups in total. The van der Waals surface area contributed by atoms with Crippen molar-refractivity contribution in [3.05, 3.63) is 107 Å². The second-order valence-electron chi connectivity index (χ2n) is 7.15. The lowest BCUT2D eigenvalue weighted by atomic mass is 10.1. The number of amides is 1. The van der Waals surface area contributed by atoms with Gasteiger partial charge in [0, 0.05) is 11.9 Å². The molecular weight excluding hydrogens is 388 g/mol. The number of carbonyl (C=O) groups excluding carboxylic acids is 1. The summed E-state index contributed by atoms with van der Waals surface area (Å²) in [7, 11) is 0. The molecule has 0 fully saturated rings. The third-order valence-electron chi connectivity index (χ3n) is 4.99. The third kappa shape index (κ3) is 4.79. The minimum absolute atomic E-state index is 0.0353. The highest BCUT2D eigenvalue weighted by Gasteiger charge is 2.16. The van der Waals surface area contributed by atoms with E-state index in [0.29, 0.717) is 16.8 Å². The number of aliphatic hydroxyl groups excluding tert-OH is 1. The first-order valence-corrected chi connectivity index (χ1v) is 9.99. The highest BCUT2D eigenvalue weighted by atomic mass is 16.3. The van der Waals surface area contributed by atoms with Crippen LogP contribution >= 0.6 is 0 Å². The normalized spacial score (nSPS) is 12.2. The van der Waals surface area contributed by atoms with E-state index >= 15 is 0 Å². The largest absolute Gasteiger partial charge is 0.505 e. The summed E-state index contributed by atoms with van der Waals surface area (Å²) in [5, 5.41) is 24.4. The molecule has 0 saturated heterocycles. The van der Waals surface area contributed by atoms with Crippen molar-refractivity contribution in [1.29, 1.82) is 0 Å². The number of hydrogen-bond donors (Lipinski definition) is 3. The number of phenols is 1. The number of pyridine rings is 1. The summed E-state index contributed by atoms with van der Waals surface area (Å²) >= 11 is 0. The predicted molar refractivity (Wildman–Crippen MR) is 123 cm³/mol. The second-order valence-corrected chi connectivity index (χ2v) is 7.15. The number of aromatic nitrogens is 1. The van der Waals surface area contributed by atoms with Crippen molar-refractivity contribution in [3.8, 4) is 5.75 Å². The Bertz CT molecular complexity index is 1220. The summed E-state index contributed by atoms with van der Waals surface area (Å²) in [6.07, 6.45) is 2.96. The molecule has 3 aromatic carbocycles. The van der Waals surface area contributed by atoms with E-state index in [4.69, 9.17) is 0 Å². The van der Waals surface area contributed by atoms with Crippen molar-refractivity contribution >= 4 is 29.0 Å². The van der Waals surface area contributed by atoms with Crippen LogP contribution in [0.15, 0.2) is 84.9 Å². The fourth-order valence-electron chi connectivity index (χ4n) is 3.29. The van der Waals surface area contributed by atoms with Crippen LogP contribution in [0.3, 0.4) is 0 Å². The van der Waals surface area contributed by atoms with Crippen molar-refractivity contribution in [2.75, 3.05) is 6.54 Å². The van der Waals surface area contributed by atoms with Gasteiger partial charge in [-0.15, -0.1) is 0 Å². The standard InChI is InChI=1S/C26H22N2O3/c29-23(19-9-5-2-6-10-19)17-27-26(31)22-16-13-20-12-15-21(28-24(20)25(22)30)14-11-18-7-3-1-4-8-18/h1-16,23,29-30H,17H2,(H,27,31)/b14-11+. The van der Waals surface area contributed by atoms with Crippen molar-refractivity contribution in [2.45, 2.75) is 6.10 Å². The van der Waals surface area contributed by atoms with Gasteiger partial charge in [-0.2, -0.15) is 0 Å². The molecule has 4 aromatic rings. The van der Waals surface area contributed by atoms with Crippen LogP contribution in [-0.2, 0) is 0 Å². The first-order valence-electron chi connectivity index (χ1n) is 9.99. The van der Waals surface area contributed by atoms with Crippen LogP contribution < -0.4 is 5.32 Å². The molecule has 0 aliphatic heterocycles. The van der Waals surface area contributed by atoms with Crippen LogP contribution in [0.4, 0.5) is 0 Å². The van der Waals surface area contributed by atoms with Crippen LogP contribution in [-0.4, -0.2) is 27.6 Å². The number of phenolic OH excluding ortho intramolecular Hbond substituents is 1. The van der Waals surface area contributed by atoms with E-state index in [0.717, 1.165) is 10.9 Å². The van der Waals surface area contributed by atoms with Gasteiger partial charge in [-0.3, -0.25) is 4.79 Å². The van der Waals surface area contributed by atoms with Gasteiger partial charge in [-0.25, -0.2) is 4.98 Å². The molecule has 31 heavy (non-hydrogen) atoms. The van der Waals surface area contributed by atoms with Crippen molar-refractivity contribution < 1.29 is 15.0 Å². The summed E-state index contributed by atoms with van der Waals surface area (Å²) in [5.41, 5.74) is 2.89. The van der Waals surface area contributed by atoms with Gasteiger partial charge in [0.15, 0.2) is 5.75 Å². The maximum Gasteiger partial charge on any atom is 0.255 e. The molecule has 1 atom stereocenters. The first-order chi connectivity index (χ1) is 15.1. The number of rotatable bonds is 6. The van der Waals surface area contributed by atoms with E-state index in [2.05, 4.69) is 10.3 Å². The lowest BCUT2D eigenvalue weighted by Crippen LogP contribution is -2.28. The molecule has 5 heteroatoms. The van der Waals surface area contributed by atoms with Gasteiger partial charge in [0.2, 0.25) is 0 Å². The van der Waals surface area contributed by atoms with Gasteiger partial charge in [-0.1, -0.05) is 78.9 Å². The Balaban J connectivity index is 1.53. The van der Waals surface area contributed by atoms with E-state index in [-0.39, 0.29) is 17.9 Å². The molecule has 0 aliphatic rings. The van der Waals surface area contributed by atoms with Crippen LogP contribution in [0.1, 0.15) is 33.3 Å². The SMILES string of the molecule is O=C(NCC(O)c1ccccc1)c1ccc2ccc(/C=C/c3ccccc3)nc2c1O. The molecule has 0 bridgehead atoms. The predicted octanol–water partition coefficient (Wildman–Crippen LogP) is 4.57. The lowest BCUT2D eigenvalue weighted by Gasteiger charge is -2.13. The van der Waals surface area contributed by atoms with Gasteiger partial charge in [0.25, 0.3) is 5.91 Å². The number of fused-ring (bicyclic) bond motifs is 1. The Labute approximate surface area is 180 Å². The van der Waals surface area contributed by atoms with E-state index in [9.17, 15) is 15.0 Å². The van der Waals surface area contributed by atoms with Crippen molar-refractivity contribution in [3.63, 3.8) is 0 Å². The number of nitrogens with one attached hydrogen (secondary N) is 1. The second kappa shape index (κ2) is 9.24. The quantitative estimate of drug-likeness (QED) is 0.435. The van der Waals surface area contributed by atoms with E-state index in [1.807, 2.05) is 72.8 Å². The maximum absolute atomic E-state index is 12.6. The van der Waals surface area contributed by atoms with Crippen LogP contribution in [0.5, 0.6) is 5.75 Å². The number of benzene rings is 3. The number of hydrogen-bond acceptors (Lipinski definition) is 4. The fraction of sp³-hybridized carbons (Fsp3) is 0.0769. The first kappa shape index (κ1) is 20.3. The Hall–Kier alpha value is -3.96. The van der Waals surface area contributed by atoms with E-state index in [1.54, 1.807) is 24.3 Å². The zero-order valence-corrected chi connectivity index (χ0v) is 16.8. The smallest absolute Gasteiger partial charge is 0.255 e. The van der Waals surface area contributed by atoms with Crippen LogP contribution in [0.2, 0.25) is 0 Å². The van der Waals surface area contributed by atoms with Crippen molar-refractivity contribution in [1.82, 2.24) is 10.3 Å². The molecule has 0 aliphatic carbocycles. The van der Waals surface area contributed by atoms with Gasteiger partial charge >= 0.3 is 0 Å². The number of aliphatic hydroxyl groups is 1. The molecule has 154 valence electrons. The van der Waals surface area contributed by atoms with Crippen molar-refractivity contribution in [2.24, 2.45) is 0 Å². The summed E-state index contributed by atoms with van der Waals surface area (Å²) in [4.78, 5) is 17.1. The Morgan fingerprint density at radius 2 is 1.58 bits per heavy atom. The summed E-state index contributed by atoms with van der Waals surface area (Å²) in [6.45, 7) is 0.0353. The Morgan fingerprint density at radius 1 is 0.903 bits per heavy atom. The topological polar surface area (TPSA) is 82.5 Å². The Morgan fingerprint density at radius 3 is 2.32 bits per heavy atom. The molecule has 1 unspecified atom stereocenters. The van der Waals surface area contributed by atoms with Gasteiger partial charge in [0.05, 0.1) is 17.4 Å². The molecule has 4 rings (SSSR count). The zero-order chi connectivity index (χ0) is 21.6. The van der Waals surface area contributed by atoms with Crippen LogP contribution in [0, 0.1) is 0 Å². The average Bonchev–Trinajstić information content (AvgIpc) is 2.82. The highest BCUT2D eigenvalue weighted by Crippen LogP contribution is 2.28. The number of nitrogens with zero attached hydrogens (tertiary/aromatic N) is 1. The molecule has 1 amide bonds. The molecule has 0 saturated carbocycles. The van der Waals surface area contributed by atoms with Crippen LogP contribution in [0.25, 0.3) is 23.1 Å². The average molecular weight is 410 g/mol. The van der Waals surface area contributed by atoms with E-state index in [1.165, 1.54) is 0 Å². The van der Waals surface area contributed by atoms with Gasteiger partial charge in [-0.05, 0) is 29.3 Å². The monoisotopic (exact) mass is 410 g/mol. The minimum Gasteiger partial charge on any atom is -0.505 e. The van der Waals surface area contributed by atoms with Gasteiger partial charge < -0.3 is 15.5 Å². The van der Waals surface area contributed by atoms with E-state index < -0.39 is 12.0 Å². The molecule has 5 nitrogen and oxygen atoms in total. The molecule has 0 spiro atoms. The molecule has 0 radical (unpaired) electrons. The summed E-state index contributed by atoms with van der Waals surface area (Å²) in [6, 6.07) is 25.9. The minimum atomic E-state index is -0.833. The van der Waals surface area contributed by atoms with Gasteiger partial charge in [0.1, 0.15) is 5.52 Å². The summed E-state index contributed by atoms with van der Waals surface area (Å²) < 4.78 is 0. The fourth-order valence-corrected chi connectivity index (χ4v) is 3.29. The molecular formula is C26H22N2O3. The lowest BCUT2D eigenvalue weighted by molar-refractivity contribution is 0.0914. The third-order valence-corrected chi connectivity index (χ3v) is 4.99. The number of aromatic hydroxyl groups is 1. The maximum atomic E-state index is 12.6. The highest BCUT2D eigenvalue weighted by molar-refractivity contribution is 6.02.